The van der Waals surface area contributed by atoms with Crippen molar-refractivity contribution < 1.29 is 8.42 Å². The summed E-state index contributed by atoms with van der Waals surface area (Å²) in [5.74, 6) is 1.32. The molecule has 2 heterocycles. The standard InChI is InChI=1S/C10H11BrN2O2S3/c1-7-4-8(17-9(7)11)18(14,15)13-10(5-12)2-3-16-6-10/h4,13H,2-3,6H2,1H3. The van der Waals surface area contributed by atoms with Crippen LogP contribution in [-0.2, 0) is 10.0 Å². The van der Waals surface area contributed by atoms with Crippen molar-refractivity contribution in [2.45, 2.75) is 23.1 Å². The van der Waals surface area contributed by atoms with Gasteiger partial charge in [0.15, 0.2) is 0 Å². The topological polar surface area (TPSA) is 70.0 Å². The van der Waals surface area contributed by atoms with Gasteiger partial charge < -0.3 is 0 Å². The molecule has 0 spiro atoms. The average Bonchev–Trinajstić information content (AvgIpc) is 2.88. The van der Waals surface area contributed by atoms with Gasteiger partial charge in [0.05, 0.1) is 9.86 Å². The number of thioether (sulfide) groups is 1. The van der Waals surface area contributed by atoms with Gasteiger partial charge in [0.2, 0.25) is 0 Å². The van der Waals surface area contributed by atoms with E-state index in [9.17, 15) is 13.7 Å². The van der Waals surface area contributed by atoms with Crippen molar-refractivity contribution >= 4 is 49.1 Å². The lowest BCUT2D eigenvalue weighted by Gasteiger charge is -2.20. The Kier molecular flexibility index (Phi) is 4.09. The fourth-order valence-electron chi connectivity index (χ4n) is 1.63. The van der Waals surface area contributed by atoms with Crippen LogP contribution in [0.3, 0.4) is 0 Å². The molecule has 98 valence electrons. The fraction of sp³-hybridized carbons (Fsp3) is 0.500. The SMILES string of the molecule is Cc1cc(S(=O)(=O)NC2(C#N)CCSC2)sc1Br. The third-order valence-electron chi connectivity index (χ3n) is 2.66. The molecule has 1 aliphatic heterocycles. The first kappa shape index (κ1) is 14.3. The predicted molar refractivity (Wildman–Crippen MR) is 77.4 cm³/mol. The minimum Gasteiger partial charge on any atom is -0.206 e. The van der Waals surface area contributed by atoms with E-state index < -0.39 is 15.6 Å². The van der Waals surface area contributed by atoms with E-state index in [1.54, 1.807) is 17.8 Å². The lowest BCUT2D eigenvalue weighted by atomic mass is 10.0. The molecule has 0 bridgehead atoms. The lowest BCUT2D eigenvalue weighted by molar-refractivity contribution is 0.516. The van der Waals surface area contributed by atoms with E-state index in [0.29, 0.717) is 12.2 Å². The van der Waals surface area contributed by atoms with Gasteiger partial charge in [-0.3, -0.25) is 0 Å². The third-order valence-corrected chi connectivity index (χ3v) is 8.00. The molecule has 0 aliphatic carbocycles. The molecular formula is C10H11BrN2O2S3. The van der Waals surface area contributed by atoms with Crippen LogP contribution >= 0.6 is 39.0 Å². The summed E-state index contributed by atoms with van der Waals surface area (Å²) < 4.78 is 28.1. The summed E-state index contributed by atoms with van der Waals surface area (Å²) in [6.07, 6.45) is 0.554. The second kappa shape index (κ2) is 5.13. The number of nitriles is 1. The first-order valence-corrected chi connectivity index (χ1v) is 9.42. The molecule has 18 heavy (non-hydrogen) atoms. The van der Waals surface area contributed by atoms with E-state index in [4.69, 9.17) is 0 Å². The Morgan fingerprint density at radius 2 is 2.33 bits per heavy atom. The molecule has 0 amide bonds. The maximum Gasteiger partial charge on any atom is 0.251 e. The Morgan fingerprint density at radius 3 is 2.78 bits per heavy atom. The Morgan fingerprint density at radius 1 is 1.61 bits per heavy atom. The Hall–Kier alpha value is -0.0700. The summed E-state index contributed by atoms with van der Waals surface area (Å²) >= 11 is 6.07. The monoisotopic (exact) mass is 366 g/mol. The molecule has 1 aliphatic rings. The van der Waals surface area contributed by atoms with Gasteiger partial charge in [-0.2, -0.15) is 21.7 Å². The van der Waals surface area contributed by atoms with E-state index in [2.05, 4.69) is 26.7 Å². The number of nitrogens with one attached hydrogen (secondary N) is 1. The molecule has 8 heteroatoms. The van der Waals surface area contributed by atoms with Gasteiger partial charge in [-0.1, -0.05) is 0 Å². The van der Waals surface area contributed by atoms with Crippen LogP contribution in [0.5, 0.6) is 0 Å². The highest BCUT2D eigenvalue weighted by atomic mass is 79.9. The quantitative estimate of drug-likeness (QED) is 0.891. The zero-order chi connectivity index (χ0) is 13.4. The third kappa shape index (κ3) is 2.75. The van der Waals surface area contributed by atoms with Gasteiger partial charge in [-0.25, -0.2) is 8.42 Å². The summed E-state index contributed by atoms with van der Waals surface area (Å²) in [6, 6.07) is 3.72. The van der Waals surface area contributed by atoms with Crippen molar-refractivity contribution in [3.8, 4) is 6.07 Å². The number of hydrogen-bond acceptors (Lipinski definition) is 5. The van der Waals surface area contributed by atoms with Gasteiger partial charge in [0.25, 0.3) is 10.0 Å². The normalized spacial score (nSPS) is 24.1. The first-order valence-electron chi connectivity index (χ1n) is 5.17. The van der Waals surface area contributed by atoms with Crippen molar-refractivity contribution in [3.63, 3.8) is 0 Å². The summed E-state index contributed by atoms with van der Waals surface area (Å²) in [7, 11) is -3.61. The summed E-state index contributed by atoms with van der Waals surface area (Å²) in [5.41, 5.74) is -0.0689. The van der Waals surface area contributed by atoms with Gasteiger partial charge in [-0.15, -0.1) is 11.3 Å². The maximum atomic E-state index is 12.2. The van der Waals surface area contributed by atoms with Crippen molar-refractivity contribution in [2.24, 2.45) is 0 Å². The average molecular weight is 367 g/mol. The minimum absolute atomic E-state index is 0.249. The zero-order valence-electron chi connectivity index (χ0n) is 9.57. The van der Waals surface area contributed by atoms with E-state index in [-0.39, 0.29) is 4.21 Å². The number of sulfonamides is 1. The van der Waals surface area contributed by atoms with Gasteiger partial charge in [0.1, 0.15) is 9.75 Å². The number of hydrogen-bond donors (Lipinski definition) is 1. The van der Waals surface area contributed by atoms with Gasteiger partial charge in [0, 0.05) is 5.75 Å². The molecule has 1 N–H and O–H groups in total. The molecule has 2 rings (SSSR count). The molecule has 1 saturated heterocycles. The highest BCUT2D eigenvalue weighted by molar-refractivity contribution is 9.11. The minimum atomic E-state index is -3.61. The molecular weight excluding hydrogens is 356 g/mol. The van der Waals surface area contributed by atoms with Gasteiger partial charge in [-0.05, 0) is 46.7 Å². The van der Waals surface area contributed by atoms with Gasteiger partial charge >= 0.3 is 0 Å². The Labute approximate surface area is 123 Å². The molecule has 1 atom stereocenters. The zero-order valence-corrected chi connectivity index (χ0v) is 13.6. The number of halogens is 1. The Balaban J connectivity index is 2.30. The largest absolute Gasteiger partial charge is 0.251 e. The van der Waals surface area contributed by atoms with Crippen LogP contribution in [0.2, 0.25) is 0 Å². The molecule has 1 unspecified atom stereocenters. The first-order chi connectivity index (χ1) is 8.38. The molecule has 1 aromatic rings. The van der Waals surface area contributed by atoms with Crippen LogP contribution in [-0.4, -0.2) is 25.5 Å². The number of nitrogens with zero attached hydrogens (tertiary/aromatic N) is 1. The number of rotatable bonds is 3. The van der Waals surface area contributed by atoms with E-state index in [0.717, 1.165) is 26.4 Å². The molecule has 1 aromatic heterocycles. The Bertz CT molecular complexity index is 578. The lowest BCUT2D eigenvalue weighted by Crippen LogP contribution is -2.47. The maximum absolute atomic E-state index is 12.2. The van der Waals surface area contributed by atoms with Crippen molar-refractivity contribution in [2.75, 3.05) is 11.5 Å². The fourth-order valence-corrected chi connectivity index (χ4v) is 6.56. The second-order valence-electron chi connectivity index (χ2n) is 4.12. The number of thiophene rings is 1. The molecule has 0 radical (unpaired) electrons. The van der Waals surface area contributed by atoms with Crippen molar-refractivity contribution in [3.05, 3.63) is 15.4 Å². The van der Waals surface area contributed by atoms with Crippen LogP contribution in [0.1, 0.15) is 12.0 Å². The molecule has 0 saturated carbocycles. The predicted octanol–water partition coefficient (Wildman–Crippen LogP) is 2.50. The summed E-state index contributed by atoms with van der Waals surface area (Å²) in [4.78, 5) is 0. The molecule has 1 fully saturated rings. The van der Waals surface area contributed by atoms with Crippen LogP contribution in [0.25, 0.3) is 0 Å². The van der Waals surface area contributed by atoms with E-state index >= 15 is 0 Å². The molecule has 4 nitrogen and oxygen atoms in total. The van der Waals surface area contributed by atoms with Crippen LogP contribution < -0.4 is 4.72 Å². The highest BCUT2D eigenvalue weighted by Crippen LogP contribution is 2.33. The van der Waals surface area contributed by atoms with Crippen LogP contribution in [0.4, 0.5) is 0 Å². The summed E-state index contributed by atoms with van der Waals surface area (Å²) in [5, 5.41) is 9.19. The molecule has 0 aromatic carbocycles. The number of aryl methyl sites for hydroxylation is 1. The second-order valence-corrected chi connectivity index (χ2v) is 9.51. The van der Waals surface area contributed by atoms with Crippen molar-refractivity contribution in [1.29, 1.82) is 5.26 Å². The highest BCUT2D eigenvalue weighted by Gasteiger charge is 2.39. The smallest absolute Gasteiger partial charge is 0.206 e. The van der Waals surface area contributed by atoms with Crippen LogP contribution in [0.15, 0.2) is 14.1 Å². The van der Waals surface area contributed by atoms with E-state index in [1.807, 2.05) is 6.92 Å². The van der Waals surface area contributed by atoms with E-state index in [1.165, 1.54) is 0 Å². The van der Waals surface area contributed by atoms with Crippen molar-refractivity contribution in [1.82, 2.24) is 4.72 Å². The summed E-state index contributed by atoms with van der Waals surface area (Å²) in [6.45, 7) is 1.84. The van der Waals surface area contributed by atoms with Crippen LogP contribution in [0, 0.1) is 18.3 Å².